The van der Waals surface area contributed by atoms with Gasteiger partial charge >= 0.3 is 0 Å². The Labute approximate surface area is 177 Å². The third-order valence-corrected chi connectivity index (χ3v) is 5.22. The van der Waals surface area contributed by atoms with Crippen LogP contribution in [0, 0.1) is 0 Å². The molecule has 2 amide bonds. The number of nitrogens with zero attached hydrogens (tertiary/aromatic N) is 1. The highest BCUT2D eigenvalue weighted by atomic mass is 16.5. The van der Waals surface area contributed by atoms with E-state index in [-0.39, 0.29) is 24.4 Å². The smallest absolute Gasteiger partial charge is 0.251 e. The first-order chi connectivity index (χ1) is 14.5. The molecule has 0 radical (unpaired) electrons. The van der Waals surface area contributed by atoms with Crippen LogP contribution in [0.15, 0.2) is 78.9 Å². The van der Waals surface area contributed by atoms with Gasteiger partial charge in [-0.05, 0) is 36.2 Å². The predicted octanol–water partition coefficient (Wildman–Crippen LogP) is 4.31. The third-order valence-electron chi connectivity index (χ3n) is 5.22. The van der Waals surface area contributed by atoms with E-state index in [0.29, 0.717) is 5.56 Å². The third kappa shape index (κ3) is 4.87. The van der Waals surface area contributed by atoms with E-state index in [9.17, 15) is 9.59 Å². The predicted molar refractivity (Wildman–Crippen MR) is 118 cm³/mol. The minimum absolute atomic E-state index is 0.0741. The van der Waals surface area contributed by atoms with Crippen molar-refractivity contribution in [2.45, 2.75) is 13.0 Å². The fraction of sp³-hybridized carbons (Fsp3) is 0.200. The van der Waals surface area contributed by atoms with Gasteiger partial charge in [-0.2, -0.15) is 0 Å². The molecule has 0 fully saturated rings. The fourth-order valence-electron chi connectivity index (χ4n) is 3.26. The lowest BCUT2D eigenvalue weighted by Gasteiger charge is -2.26. The molecule has 154 valence electrons. The van der Waals surface area contributed by atoms with E-state index < -0.39 is 0 Å². The van der Waals surface area contributed by atoms with Gasteiger partial charge in [0, 0.05) is 18.2 Å². The van der Waals surface area contributed by atoms with Crippen molar-refractivity contribution in [3.63, 3.8) is 0 Å². The maximum atomic E-state index is 12.6. The van der Waals surface area contributed by atoms with Crippen LogP contribution >= 0.6 is 0 Å². The molecule has 0 aliphatic carbocycles. The number of carbonyl (C=O) groups is 2. The van der Waals surface area contributed by atoms with Crippen molar-refractivity contribution in [3.05, 3.63) is 90.0 Å². The molecular formula is C25H26N2O3. The van der Waals surface area contributed by atoms with Gasteiger partial charge < -0.3 is 15.0 Å². The SMILES string of the molecule is COc1ccccc1C(C)N(C)C(=O)CNC(=O)c1ccc(-c2ccccc2)cc1. The van der Waals surface area contributed by atoms with Crippen LogP contribution in [0.5, 0.6) is 5.75 Å². The summed E-state index contributed by atoms with van der Waals surface area (Å²) < 4.78 is 5.39. The maximum Gasteiger partial charge on any atom is 0.251 e. The Balaban J connectivity index is 1.59. The number of likely N-dealkylation sites (N-methyl/N-ethyl adjacent to an activating group) is 1. The van der Waals surface area contributed by atoms with Crippen LogP contribution in [0.25, 0.3) is 11.1 Å². The van der Waals surface area contributed by atoms with E-state index in [4.69, 9.17) is 4.74 Å². The van der Waals surface area contributed by atoms with Gasteiger partial charge in [0.25, 0.3) is 5.91 Å². The number of rotatable bonds is 7. The molecule has 0 saturated carbocycles. The second kappa shape index (κ2) is 9.74. The Hall–Kier alpha value is -3.60. The summed E-state index contributed by atoms with van der Waals surface area (Å²) in [6, 6.07) is 24.7. The topological polar surface area (TPSA) is 58.6 Å². The standard InChI is InChI=1S/C25H26N2O3/c1-18(22-11-7-8-12-23(22)30-3)27(2)24(28)17-26-25(29)21-15-13-20(14-16-21)19-9-5-4-6-10-19/h4-16,18H,17H2,1-3H3,(H,26,29). The zero-order valence-corrected chi connectivity index (χ0v) is 17.5. The lowest BCUT2D eigenvalue weighted by Crippen LogP contribution is -2.39. The van der Waals surface area contributed by atoms with Crippen molar-refractivity contribution in [2.24, 2.45) is 0 Å². The summed E-state index contributed by atoms with van der Waals surface area (Å²) in [5.74, 6) is 0.274. The first-order valence-electron chi connectivity index (χ1n) is 9.83. The van der Waals surface area contributed by atoms with Gasteiger partial charge in [0.1, 0.15) is 5.75 Å². The van der Waals surface area contributed by atoms with E-state index in [2.05, 4.69) is 5.32 Å². The lowest BCUT2D eigenvalue weighted by molar-refractivity contribution is -0.130. The minimum atomic E-state index is -0.277. The summed E-state index contributed by atoms with van der Waals surface area (Å²) >= 11 is 0. The van der Waals surface area contributed by atoms with Crippen LogP contribution in [0.3, 0.4) is 0 Å². The molecule has 5 nitrogen and oxygen atoms in total. The molecule has 1 atom stereocenters. The van der Waals surface area contributed by atoms with Crippen molar-refractivity contribution in [1.29, 1.82) is 0 Å². The van der Waals surface area contributed by atoms with Crippen LogP contribution in [0.4, 0.5) is 0 Å². The van der Waals surface area contributed by atoms with Gasteiger partial charge in [-0.25, -0.2) is 0 Å². The average molecular weight is 402 g/mol. The van der Waals surface area contributed by atoms with Gasteiger partial charge in [-0.3, -0.25) is 9.59 Å². The number of amides is 2. The first kappa shape index (κ1) is 21.1. The molecule has 1 unspecified atom stereocenters. The van der Waals surface area contributed by atoms with E-state index >= 15 is 0 Å². The molecular weight excluding hydrogens is 376 g/mol. The minimum Gasteiger partial charge on any atom is -0.496 e. The molecule has 0 saturated heterocycles. The highest BCUT2D eigenvalue weighted by Crippen LogP contribution is 2.28. The highest BCUT2D eigenvalue weighted by molar-refractivity contribution is 5.96. The number of hydrogen-bond donors (Lipinski definition) is 1. The number of methoxy groups -OCH3 is 1. The molecule has 1 N–H and O–H groups in total. The summed E-state index contributed by atoms with van der Waals surface area (Å²) in [6.45, 7) is 1.86. The molecule has 0 heterocycles. The summed E-state index contributed by atoms with van der Waals surface area (Å²) in [6.07, 6.45) is 0. The van der Waals surface area contributed by atoms with Gasteiger partial charge in [0.15, 0.2) is 0 Å². The Bertz CT molecular complexity index is 1000. The monoisotopic (exact) mass is 402 g/mol. The summed E-state index contributed by atoms with van der Waals surface area (Å²) in [5.41, 5.74) is 3.56. The van der Waals surface area contributed by atoms with Crippen molar-refractivity contribution >= 4 is 11.8 Å². The lowest BCUT2D eigenvalue weighted by atomic mass is 10.0. The van der Waals surface area contributed by atoms with E-state index in [1.54, 1.807) is 31.2 Å². The number of carbonyl (C=O) groups excluding carboxylic acids is 2. The molecule has 0 aliphatic rings. The molecule has 0 aromatic heterocycles. The van der Waals surface area contributed by atoms with Crippen LogP contribution in [-0.2, 0) is 4.79 Å². The molecule has 0 aliphatic heterocycles. The van der Waals surface area contributed by atoms with E-state index in [0.717, 1.165) is 22.4 Å². The zero-order chi connectivity index (χ0) is 21.5. The number of ether oxygens (including phenoxy) is 1. The van der Waals surface area contributed by atoms with Crippen molar-refractivity contribution in [3.8, 4) is 16.9 Å². The summed E-state index contributed by atoms with van der Waals surface area (Å²) in [4.78, 5) is 26.7. The molecule has 3 rings (SSSR count). The summed E-state index contributed by atoms with van der Waals surface area (Å²) in [5, 5.41) is 2.71. The number of benzene rings is 3. The van der Waals surface area contributed by atoms with Crippen molar-refractivity contribution < 1.29 is 14.3 Å². The largest absolute Gasteiger partial charge is 0.496 e. The second-order valence-corrected chi connectivity index (χ2v) is 7.05. The van der Waals surface area contributed by atoms with Crippen molar-refractivity contribution in [1.82, 2.24) is 10.2 Å². The number of nitrogens with one attached hydrogen (secondary N) is 1. The Morgan fingerprint density at radius 2 is 1.50 bits per heavy atom. The van der Waals surface area contributed by atoms with Gasteiger partial charge in [0.2, 0.25) is 5.91 Å². The van der Waals surface area contributed by atoms with Gasteiger partial charge in [0.05, 0.1) is 19.7 Å². The maximum absolute atomic E-state index is 12.6. The molecule has 3 aromatic carbocycles. The number of para-hydroxylation sites is 1. The molecule has 3 aromatic rings. The normalized spacial score (nSPS) is 11.4. The van der Waals surface area contributed by atoms with Gasteiger partial charge in [-0.15, -0.1) is 0 Å². The first-order valence-corrected chi connectivity index (χ1v) is 9.83. The Kier molecular flexibility index (Phi) is 6.86. The summed E-state index contributed by atoms with van der Waals surface area (Å²) in [7, 11) is 3.33. The van der Waals surface area contributed by atoms with Gasteiger partial charge in [-0.1, -0.05) is 60.7 Å². The highest BCUT2D eigenvalue weighted by Gasteiger charge is 2.20. The Morgan fingerprint density at radius 3 is 2.17 bits per heavy atom. The number of hydrogen-bond acceptors (Lipinski definition) is 3. The average Bonchev–Trinajstić information content (AvgIpc) is 2.82. The molecule has 0 spiro atoms. The van der Waals surface area contributed by atoms with Crippen molar-refractivity contribution in [2.75, 3.05) is 20.7 Å². The van der Waals surface area contributed by atoms with Crippen LogP contribution in [0.1, 0.15) is 28.9 Å². The van der Waals surface area contributed by atoms with Crippen LogP contribution < -0.4 is 10.1 Å². The molecule has 5 heteroatoms. The van der Waals surface area contributed by atoms with Crippen LogP contribution in [0.2, 0.25) is 0 Å². The fourth-order valence-corrected chi connectivity index (χ4v) is 3.26. The zero-order valence-electron chi connectivity index (χ0n) is 17.5. The second-order valence-electron chi connectivity index (χ2n) is 7.05. The Morgan fingerprint density at radius 1 is 0.900 bits per heavy atom. The quantitative estimate of drug-likeness (QED) is 0.641. The van der Waals surface area contributed by atoms with E-state index in [1.165, 1.54) is 0 Å². The molecule has 0 bridgehead atoms. The van der Waals surface area contributed by atoms with E-state index in [1.807, 2.05) is 73.7 Å². The van der Waals surface area contributed by atoms with Crippen LogP contribution in [-0.4, -0.2) is 37.4 Å². The molecule has 30 heavy (non-hydrogen) atoms.